The molecule has 19 heavy (non-hydrogen) atoms. The third-order valence-electron chi connectivity index (χ3n) is 4.73. The molecule has 0 radical (unpaired) electrons. The first-order valence-corrected chi connectivity index (χ1v) is 7.83. The molecule has 1 atom stereocenters. The Morgan fingerprint density at radius 1 is 1.26 bits per heavy atom. The molecule has 0 spiro atoms. The Hall–Kier alpha value is -0.830. The molecular weight excluding hydrogens is 234 g/mol. The highest BCUT2D eigenvalue weighted by Crippen LogP contribution is 2.26. The van der Waals surface area contributed by atoms with E-state index in [0.29, 0.717) is 6.04 Å². The van der Waals surface area contributed by atoms with Crippen molar-refractivity contribution in [3.63, 3.8) is 0 Å². The lowest BCUT2D eigenvalue weighted by atomic mass is 9.87. The maximum absolute atomic E-state index is 4.51. The van der Waals surface area contributed by atoms with E-state index in [1.54, 1.807) is 0 Å². The molecular formula is C16H29N3. The van der Waals surface area contributed by atoms with Gasteiger partial charge in [-0.2, -0.15) is 5.10 Å². The van der Waals surface area contributed by atoms with Crippen LogP contribution < -0.4 is 5.32 Å². The van der Waals surface area contributed by atoms with Crippen molar-refractivity contribution in [1.82, 2.24) is 15.1 Å². The second-order valence-electron chi connectivity index (χ2n) is 6.18. The number of nitrogens with zero attached hydrogens (tertiary/aromatic N) is 2. The second kappa shape index (κ2) is 6.56. The van der Waals surface area contributed by atoms with Crippen LogP contribution in [0.2, 0.25) is 0 Å². The van der Waals surface area contributed by atoms with Crippen LogP contribution in [0.25, 0.3) is 0 Å². The Morgan fingerprint density at radius 2 is 1.95 bits per heavy atom. The lowest BCUT2D eigenvalue weighted by Gasteiger charge is -2.23. The average Bonchev–Trinajstić information content (AvgIpc) is 2.64. The van der Waals surface area contributed by atoms with Gasteiger partial charge in [0.05, 0.1) is 5.69 Å². The Bertz CT molecular complexity index is 402. The standard InChI is InChI=1S/C16H29N3/c1-12(16-13(2)18-19(4)14(16)3)17-11-10-15-8-6-5-7-9-15/h12,15,17H,5-11H2,1-4H3. The minimum atomic E-state index is 0.414. The maximum atomic E-state index is 4.51. The van der Waals surface area contributed by atoms with Gasteiger partial charge < -0.3 is 5.32 Å². The zero-order chi connectivity index (χ0) is 13.8. The van der Waals surface area contributed by atoms with Crippen molar-refractivity contribution in [1.29, 1.82) is 0 Å². The molecule has 1 saturated carbocycles. The summed E-state index contributed by atoms with van der Waals surface area (Å²) in [7, 11) is 2.03. The highest BCUT2D eigenvalue weighted by molar-refractivity contribution is 5.27. The van der Waals surface area contributed by atoms with Crippen LogP contribution in [-0.2, 0) is 7.05 Å². The number of hydrogen-bond acceptors (Lipinski definition) is 2. The largest absolute Gasteiger partial charge is 0.310 e. The summed E-state index contributed by atoms with van der Waals surface area (Å²) in [6.07, 6.45) is 8.57. The fourth-order valence-electron chi connectivity index (χ4n) is 3.50. The number of rotatable bonds is 5. The summed E-state index contributed by atoms with van der Waals surface area (Å²) in [5, 5.41) is 8.19. The van der Waals surface area contributed by atoms with Crippen molar-refractivity contribution >= 4 is 0 Å². The van der Waals surface area contributed by atoms with Crippen molar-refractivity contribution in [2.24, 2.45) is 13.0 Å². The fraction of sp³-hybridized carbons (Fsp3) is 0.812. The lowest BCUT2D eigenvalue weighted by Crippen LogP contribution is -2.23. The van der Waals surface area contributed by atoms with E-state index in [1.165, 1.54) is 49.8 Å². The normalized spacial score (nSPS) is 18.7. The van der Waals surface area contributed by atoms with Gasteiger partial charge in [0, 0.05) is 24.3 Å². The molecule has 1 N–H and O–H groups in total. The van der Waals surface area contributed by atoms with E-state index in [1.807, 2.05) is 11.7 Å². The topological polar surface area (TPSA) is 29.9 Å². The van der Waals surface area contributed by atoms with Crippen LogP contribution >= 0.6 is 0 Å². The molecule has 1 fully saturated rings. The van der Waals surface area contributed by atoms with Gasteiger partial charge in [-0.25, -0.2) is 0 Å². The summed E-state index contributed by atoms with van der Waals surface area (Å²) in [4.78, 5) is 0. The number of aromatic nitrogens is 2. The smallest absolute Gasteiger partial charge is 0.0644 e. The van der Waals surface area contributed by atoms with E-state index in [4.69, 9.17) is 0 Å². The Labute approximate surface area is 117 Å². The summed E-state index contributed by atoms with van der Waals surface area (Å²) in [6.45, 7) is 7.67. The van der Waals surface area contributed by atoms with Gasteiger partial charge in [0.2, 0.25) is 0 Å². The average molecular weight is 263 g/mol. The molecule has 3 heteroatoms. The van der Waals surface area contributed by atoms with E-state index in [-0.39, 0.29) is 0 Å². The number of hydrogen-bond donors (Lipinski definition) is 1. The first-order chi connectivity index (χ1) is 9.09. The molecule has 0 saturated heterocycles. The van der Waals surface area contributed by atoms with Crippen molar-refractivity contribution in [2.45, 2.75) is 65.3 Å². The van der Waals surface area contributed by atoms with Gasteiger partial charge in [-0.3, -0.25) is 4.68 Å². The summed E-state index contributed by atoms with van der Waals surface area (Å²) in [6, 6.07) is 0.414. The molecule has 0 bridgehead atoms. The summed E-state index contributed by atoms with van der Waals surface area (Å²) < 4.78 is 1.99. The zero-order valence-corrected chi connectivity index (χ0v) is 13.0. The molecule has 1 aliphatic rings. The molecule has 2 rings (SSSR count). The molecule has 0 aliphatic heterocycles. The molecule has 1 aliphatic carbocycles. The Balaban J connectivity index is 1.82. The van der Waals surface area contributed by atoms with Crippen LogP contribution in [0, 0.1) is 19.8 Å². The molecule has 0 amide bonds. The van der Waals surface area contributed by atoms with Gasteiger partial charge in [-0.1, -0.05) is 32.1 Å². The molecule has 1 aromatic heterocycles. The second-order valence-corrected chi connectivity index (χ2v) is 6.18. The van der Waals surface area contributed by atoms with E-state index in [2.05, 4.69) is 31.2 Å². The monoisotopic (exact) mass is 263 g/mol. The summed E-state index contributed by atoms with van der Waals surface area (Å²) in [5.74, 6) is 0.963. The third-order valence-corrected chi connectivity index (χ3v) is 4.73. The van der Waals surface area contributed by atoms with Crippen molar-refractivity contribution in [2.75, 3.05) is 6.54 Å². The predicted molar refractivity (Wildman–Crippen MR) is 80.3 cm³/mol. The lowest BCUT2D eigenvalue weighted by molar-refractivity contribution is 0.329. The first kappa shape index (κ1) is 14.6. The fourth-order valence-corrected chi connectivity index (χ4v) is 3.50. The van der Waals surface area contributed by atoms with E-state index >= 15 is 0 Å². The van der Waals surface area contributed by atoms with Gasteiger partial charge in [-0.05, 0) is 39.7 Å². The minimum absolute atomic E-state index is 0.414. The molecule has 1 unspecified atom stereocenters. The Morgan fingerprint density at radius 3 is 2.53 bits per heavy atom. The van der Waals surface area contributed by atoms with E-state index < -0.39 is 0 Å². The van der Waals surface area contributed by atoms with Crippen molar-refractivity contribution in [3.05, 3.63) is 17.0 Å². The van der Waals surface area contributed by atoms with Gasteiger partial charge in [0.1, 0.15) is 0 Å². The zero-order valence-electron chi connectivity index (χ0n) is 13.0. The van der Waals surface area contributed by atoms with Crippen LogP contribution in [0.5, 0.6) is 0 Å². The van der Waals surface area contributed by atoms with E-state index in [0.717, 1.165) is 18.2 Å². The molecule has 1 heterocycles. The third kappa shape index (κ3) is 3.59. The van der Waals surface area contributed by atoms with Crippen LogP contribution in [0.15, 0.2) is 0 Å². The minimum Gasteiger partial charge on any atom is -0.310 e. The highest BCUT2D eigenvalue weighted by Gasteiger charge is 2.17. The van der Waals surface area contributed by atoms with E-state index in [9.17, 15) is 0 Å². The molecule has 3 nitrogen and oxygen atoms in total. The van der Waals surface area contributed by atoms with Crippen LogP contribution in [-0.4, -0.2) is 16.3 Å². The molecule has 1 aromatic rings. The van der Waals surface area contributed by atoms with Crippen molar-refractivity contribution < 1.29 is 0 Å². The summed E-state index contributed by atoms with van der Waals surface area (Å²) in [5.41, 5.74) is 3.83. The van der Waals surface area contributed by atoms with Crippen molar-refractivity contribution in [3.8, 4) is 0 Å². The SMILES string of the molecule is Cc1nn(C)c(C)c1C(C)NCCC1CCCCC1. The highest BCUT2D eigenvalue weighted by atomic mass is 15.3. The maximum Gasteiger partial charge on any atom is 0.0644 e. The van der Waals surface area contributed by atoms with Gasteiger partial charge >= 0.3 is 0 Å². The predicted octanol–water partition coefficient (Wildman–Crippen LogP) is 3.66. The van der Waals surface area contributed by atoms with Gasteiger partial charge in [0.15, 0.2) is 0 Å². The van der Waals surface area contributed by atoms with Crippen LogP contribution in [0.1, 0.15) is 68.4 Å². The number of aryl methyl sites for hydroxylation is 2. The Kier molecular flexibility index (Phi) is 5.03. The van der Waals surface area contributed by atoms with Crippen LogP contribution in [0.3, 0.4) is 0 Å². The molecule has 0 aromatic carbocycles. The quantitative estimate of drug-likeness (QED) is 0.878. The number of nitrogens with one attached hydrogen (secondary N) is 1. The molecule has 108 valence electrons. The first-order valence-electron chi connectivity index (χ1n) is 7.83. The van der Waals surface area contributed by atoms with Gasteiger partial charge in [0.25, 0.3) is 0 Å². The summed E-state index contributed by atoms with van der Waals surface area (Å²) >= 11 is 0. The van der Waals surface area contributed by atoms with Crippen LogP contribution in [0.4, 0.5) is 0 Å². The van der Waals surface area contributed by atoms with Gasteiger partial charge in [-0.15, -0.1) is 0 Å².